The predicted octanol–water partition coefficient (Wildman–Crippen LogP) is -0.0745. The molecule has 1 heterocycles. The fourth-order valence-corrected chi connectivity index (χ4v) is 3.04. The van der Waals surface area contributed by atoms with Crippen LogP contribution in [0.3, 0.4) is 0 Å². The fraction of sp³-hybridized carbons (Fsp3) is 0.333. The normalized spacial score (nSPS) is 11.7. The molecule has 0 amide bonds. The molecule has 0 fully saturated rings. The van der Waals surface area contributed by atoms with Crippen LogP contribution in [-0.4, -0.2) is 30.1 Å². The van der Waals surface area contributed by atoms with E-state index in [1.165, 1.54) is 6.33 Å². The van der Waals surface area contributed by atoms with Crippen LogP contribution in [-0.2, 0) is 28.7 Å². The van der Waals surface area contributed by atoms with Crippen LogP contribution < -0.4 is 10.5 Å². The average molecular weight is 295 g/mol. The quantitative estimate of drug-likeness (QED) is 0.661. The maximum atomic E-state index is 12.0. The largest absolute Gasteiger partial charge is 0.326 e. The maximum Gasteiger partial charge on any atom is 0.215 e. The van der Waals surface area contributed by atoms with Crippen molar-refractivity contribution in [1.29, 1.82) is 0 Å². The summed E-state index contributed by atoms with van der Waals surface area (Å²) < 4.78 is 26.5. The number of nitrogens with one attached hydrogen (secondary N) is 2. The minimum Gasteiger partial charge on any atom is -0.326 e. The summed E-state index contributed by atoms with van der Waals surface area (Å²) in [6.45, 7) is 0.603. The topological polar surface area (TPSA) is 114 Å². The van der Waals surface area contributed by atoms with Gasteiger partial charge in [-0.2, -0.15) is 5.10 Å². The molecule has 2 rings (SSSR count). The molecule has 0 unspecified atom stereocenters. The van der Waals surface area contributed by atoms with Crippen molar-refractivity contribution in [2.45, 2.75) is 18.7 Å². The number of H-pyrrole nitrogens is 1. The second-order valence-corrected chi connectivity index (χ2v) is 6.12. The number of aromatic nitrogens is 3. The van der Waals surface area contributed by atoms with E-state index in [4.69, 9.17) is 5.73 Å². The minimum absolute atomic E-state index is 0.0726. The average Bonchev–Trinajstić information content (AvgIpc) is 2.92. The summed E-state index contributed by atoms with van der Waals surface area (Å²) >= 11 is 0. The van der Waals surface area contributed by atoms with Gasteiger partial charge in [-0.15, -0.1) is 0 Å². The van der Waals surface area contributed by atoms with Crippen molar-refractivity contribution in [3.63, 3.8) is 0 Å². The van der Waals surface area contributed by atoms with Gasteiger partial charge in [-0.3, -0.25) is 5.10 Å². The zero-order valence-corrected chi connectivity index (χ0v) is 11.7. The second-order valence-electron chi connectivity index (χ2n) is 4.31. The Labute approximate surface area is 117 Å². The molecule has 0 bridgehead atoms. The number of nitrogens with zero attached hydrogens (tertiary/aromatic N) is 2. The standard InChI is InChI=1S/C12H17N5O2S/c13-7-10-3-1-2-4-11(10)8-20(18,19)16-6-5-12-14-9-15-17-12/h1-4,9,16H,5-8,13H2,(H,14,15,17). The number of rotatable bonds is 7. The first kappa shape index (κ1) is 14.6. The third kappa shape index (κ3) is 4.12. The molecular weight excluding hydrogens is 278 g/mol. The summed E-state index contributed by atoms with van der Waals surface area (Å²) in [5.74, 6) is 0.576. The van der Waals surface area contributed by atoms with Gasteiger partial charge in [0.2, 0.25) is 10.0 Å². The molecule has 7 nitrogen and oxygen atoms in total. The molecule has 1 aromatic carbocycles. The van der Waals surface area contributed by atoms with Crippen LogP contribution in [0, 0.1) is 0 Å². The fourth-order valence-electron chi connectivity index (χ4n) is 1.83. The Bertz CT molecular complexity index is 640. The number of hydrogen-bond donors (Lipinski definition) is 3. The molecule has 0 aliphatic rings. The maximum absolute atomic E-state index is 12.0. The van der Waals surface area contributed by atoms with Crippen LogP contribution >= 0.6 is 0 Å². The second kappa shape index (κ2) is 6.60. The Balaban J connectivity index is 1.93. The van der Waals surface area contributed by atoms with Gasteiger partial charge in [0.25, 0.3) is 0 Å². The molecule has 8 heteroatoms. The van der Waals surface area contributed by atoms with Crippen LogP contribution in [0.15, 0.2) is 30.6 Å². The van der Waals surface area contributed by atoms with Gasteiger partial charge in [0.1, 0.15) is 12.2 Å². The monoisotopic (exact) mass is 295 g/mol. The van der Waals surface area contributed by atoms with E-state index in [0.717, 1.165) is 11.1 Å². The number of nitrogens with two attached hydrogens (primary N) is 1. The van der Waals surface area contributed by atoms with Crippen molar-refractivity contribution in [3.05, 3.63) is 47.5 Å². The first-order valence-corrected chi connectivity index (χ1v) is 7.84. The van der Waals surface area contributed by atoms with Crippen molar-refractivity contribution in [3.8, 4) is 0 Å². The predicted molar refractivity (Wildman–Crippen MR) is 75.0 cm³/mol. The summed E-state index contributed by atoms with van der Waals surface area (Å²) in [6.07, 6.45) is 1.86. The molecule has 0 saturated carbocycles. The van der Waals surface area contributed by atoms with E-state index in [2.05, 4.69) is 19.9 Å². The van der Waals surface area contributed by atoms with Crippen molar-refractivity contribution < 1.29 is 8.42 Å². The Hall–Kier alpha value is -1.77. The Morgan fingerprint density at radius 1 is 1.25 bits per heavy atom. The van der Waals surface area contributed by atoms with Crippen molar-refractivity contribution >= 4 is 10.0 Å². The third-order valence-electron chi connectivity index (χ3n) is 2.83. The van der Waals surface area contributed by atoms with Gasteiger partial charge in [-0.25, -0.2) is 18.1 Å². The summed E-state index contributed by atoms with van der Waals surface area (Å²) in [7, 11) is -3.39. The number of sulfonamides is 1. The van der Waals surface area contributed by atoms with E-state index < -0.39 is 10.0 Å². The molecule has 2 aromatic rings. The van der Waals surface area contributed by atoms with Gasteiger partial charge in [-0.1, -0.05) is 24.3 Å². The van der Waals surface area contributed by atoms with Gasteiger partial charge in [0, 0.05) is 19.5 Å². The summed E-state index contributed by atoms with van der Waals surface area (Å²) in [5.41, 5.74) is 7.16. The first-order valence-electron chi connectivity index (χ1n) is 6.19. The van der Waals surface area contributed by atoms with Crippen molar-refractivity contribution in [2.24, 2.45) is 5.73 Å². The summed E-state index contributed by atoms with van der Waals surface area (Å²) in [4.78, 5) is 3.93. The molecule has 20 heavy (non-hydrogen) atoms. The number of benzene rings is 1. The molecular formula is C12H17N5O2S. The third-order valence-corrected chi connectivity index (χ3v) is 4.17. The van der Waals surface area contributed by atoms with E-state index in [-0.39, 0.29) is 12.3 Å². The Morgan fingerprint density at radius 3 is 2.65 bits per heavy atom. The lowest BCUT2D eigenvalue weighted by Gasteiger charge is -2.09. The molecule has 1 aromatic heterocycles. The molecule has 4 N–H and O–H groups in total. The van der Waals surface area contributed by atoms with E-state index >= 15 is 0 Å². The van der Waals surface area contributed by atoms with E-state index in [1.807, 2.05) is 12.1 Å². The summed E-state index contributed by atoms with van der Waals surface area (Å²) in [6, 6.07) is 7.26. The van der Waals surface area contributed by atoms with Gasteiger partial charge >= 0.3 is 0 Å². The van der Waals surface area contributed by atoms with Gasteiger partial charge in [0.15, 0.2) is 0 Å². The van der Waals surface area contributed by atoms with Crippen LogP contribution in [0.5, 0.6) is 0 Å². The smallest absolute Gasteiger partial charge is 0.215 e. The van der Waals surface area contributed by atoms with Gasteiger partial charge < -0.3 is 5.73 Å². The van der Waals surface area contributed by atoms with Gasteiger partial charge in [0.05, 0.1) is 5.75 Å². The van der Waals surface area contributed by atoms with E-state index in [9.17, 15) is 8.42 Å². The van der Waals surface area contributed by atoms with Crippen molar-refractivity contribution in [1.82, 2.24) is 19.9 Å². The lowest BCUT2D eigenvalue weighted by atomic mass is 10.1. The van der Waals surface area contributed by atoms with Crippen LogP contribution in [0.4, 0.5) is 0 Å². The Kier molecular flexibility index (Phi) is 4.83. The zero-order valence-electron chi connectivity index (χ0n) is 10.9. The lowest BCUT2D eigenvalue weighted by Crippen LogP contribution is -2.28. The van der Waals surface area contributed by atoms with E-state index in [1.54, 1.807) is 12.1 Å². The highest BCUT2D eigenvalue weighted by molar-refractivity contribution is 7.88. The highest BCUT2D eigenvalue weighted by Gasteiger charge is 2.13. The molecule has 0 radical (unpaired) electrons. The number of aromatic amines is 1. The van der Waals surface area contributed by atoms with Crippen LogP contribution in [0.2, 0.25) is 0 Å². The van der Waals surface area contributed by atoms with Gasteiger partial charge in [-0.05, 0) is 11.1 Å². The molecule has 0 aliphatic carbocycles. The van der Waals surface area contributed by atoms with Crippen molar-refractivity contribution in [2.75, 3.05) is 6.54 Å². The van der Waals surface area contributed by atoms with Crippen LogP contribution in [0.1, 0.15) is 17.0 Å². The summed E-state index contributed by atoms with van der Waals surface area (Å²) in [5, 5.41) is 6.38. The Morgan fingerprint density at radius 2 is 2.00 bits per heavy atom. The molecule has 0 spiro atoms. The van der Waals surface area contributed by atoms with Crippen LogP contribution in [0.25, 0.3) is 0 Å². The molecule has 0 saturated heterocycles. The zero-order chi connectivity index (χ0) is 14.4. The molecule has 0 aliphatic heterocycles. The molecule has 0 atom stereocenters. The SMILES string of the molecule is NCc1ccccc1CS(=O)(=O)NCCc1ncn[nH]1. The first-order chi connectivity index (χ1) is 9.61. The highest BCUT2D eigenvalue weighted by atomic mass is 32.2. The lowest BCUT2D eigenvalue weighted by molar-refractivity contribution is 0.580. The molecule has 108 valence electrons. The highest BCUT2D eigenvalue weighted by Crippen LogP contribution is 2.11. The van der Waals surface area contributed by atoms with E-state index in [0.29, 0.717) is 18.8 Å². The number of hydrogen-bond acceptors (Lipinski definition) is 5. The minimum atomic E-state index is -3.39.